The monoisotopic (exact) mass is 227 g/mol. The Hall–Kier alpha value is -1.19. The zero-order chi connectivity index (χ0) is 12.6. The first-order chi connectivity index (χ1) is 7.11. The number of ether oxygens (including phenoxy) is 2. The van der Waals surface area contributed by atoms with E-state index in [-0.39, 0.29) is 17.7 Å². The fourth-order valence-corrected chi connectivity index (χ4v) is 1.41. The van der Waals surface area contributed by atoms with Crippen LogP contribution >= 0.6 is 0 Å². The first kappa shape index (κ1) is 12.9. The van der Waals surface area contributed by atoms with Crippen LogP contribution in [0.5, 0.6) is 0 Å². The van der Waals surface area contributed by atoms with E-state index in [2.05, 4.69) is 0 Å². The molecule has 0 N–H and O–H groups in total. The summed E-state index contributed by atoms with van der Waals surface area (Å²) < 4.78 is 10.7. The molecule has 0 radical (unpaired) electrons. The summed E-state index contributed by atoms with van der Waals surface area (Å²) in [6.07, 6.45) is 2.47. The Balaban J connectivity index is 2.72. The Kier molecular flexibility index (Phi) is 3.22. The van der Waals surface area contributed by atoms with Crippen LogP contribution in [0.4, 0.5) is 4.79 Å². The molecule has 0 aliphatic carbocycles. The highest BCUT2D eigenvalue weighted by atomic mass is 16.6. The largest absolute Gasteiger partial charge is 0.475 e. The summed E-state index contributed by atoms with van der Waals surface area (Å²) in [6, 6.07) is 0. The van der Waals surface area contributed by atoms with E-state index in [1.807, 2.05) is 41.5 Å². The van der Waals surface area contributed by atoms with Crippen molar-refractivity contribution in [2.75, 3.05) is 0 Å². The van der Waals surface area contributed by atoms with Gasteiger partial charge < -0.3 is 9.47 Å². The summed E-state index contributed by atoms with van der Waals surface area (Å²) in [5.41, 5.74) is -0.643. The zero-order valence-electron chi connectivity index (χ0n) is 10.9. The van der Waals surface area contributed by atoms with E-state index in [0.717, 1.165) is 0 Å². The van der Waals surface area contributed by atoms with Gasteiger partial charge in [0.2, 0.25) is 0 Å². The normalized spacial score (nSPS) is 20.9. The lowest BCUT2D eigenvalue weighted by atomic mass is 9.94. The van der Waals surface area contributed by atoms with E-state index in [9.17, 15) is 4.79 Å². The molecule has 1 aliphatic rings. The van der Waals surface area contributed by atoms with Gasteiger partial charge in [-0.2, -0.15) is 0 Å². The summed E-state index contributed by atoms with van der Waals surface area (Å²) in [5, 5.41) is 0. The fourth-order valence-electron chi connectivity index (χ4n) is 1.41. The topological polar surface area (TPSA) is 38.8 Å². The van der Waals surface area contributed by atoms with Crippen molar-refractivity contribution in [3.63, 3.8) is 0 Å². The zero-order valence-corrected chi connectivity index (χ0v) is 10.9. The van der Waals surface area contributed by atoms with Crippen molar-refractivity contribution in [1.82, 2.24) is 4.90 Å². The Morgan fingerprint density at radius 2 is 1.81 bits per heavy atom. The maximum atomic E-state index is 11.9. The van der Waals surface area contributed by atoms with Gasteiger partial charge in [0.1, 0.15) is 11.9 Å². The molecule has 1 unspecified atom stereocenters. The SMILES string of the molecule is CC(C)(C)OC(=O)N1C=COC1C(C)(C)C. The van der Waals surface area contributed by atoms with Gasteiger partial charge in [0.25, 0.3) is 0 Å². The molecule has 0 saturated carbocycles. The molecule has 1 amide bonds. The van der Waals surface area contributed by atoms with Crippen molar-refractivity contribution in [3.05, 3.63) is 12.5 Å². The molecule has 92 valence electrons. The minimum absolute atomic E-state index is 0.152. The van der Waals surface area contributed by atoms with Crippen LogP contribution in [0.1, 0.15) is 41.5 Å². The average Bonchev–Trinajstić information content (AvgIpc) is 2.45. The second kappa shape index (κ2) is 4.00. The Bertz CT molecular complexity index is 296. The van der Waals surface area contributed by atoms with Crippen molar-refractivity contribution in [3.8, 4) is 0 Å². The van der Waals surface area contributed by atoms with Gasteiger partial charge in [0.05, 0.1) is 0 Å². The smallest absolute Gasteiger partial charge is 0.417 e. The van der Waals surface area contributed by atoms with Gasteiger partial charge in [0.15, 0.2) is 6.23 Å². The van der Waals surface area contributed by atoms with Crippen molar-refractivity contribution in [2.24, 2.45) is 5.41 Å². The number of hydrogen-bond acceptors (Lipinski definition) is 3. The van der Waals surface area contributed by atoms with Gasteiger partial charge in [-0.3, -0.25) is 0 Å². The van der Waals surface area contributed by atoms with E-state index in [1.54, 1.807) is 6.20 Å². The quantitative estimate of drug-likeness (QED) is 0.638. The number of amides is 1. The molecule has 16 heavy (non-hydrogen) atoms. The van der Waals surface area contributed by atoms with Gasteiger partial charge in [-0.15, -0.1) is 0 Å². The number of rotatable bonds is 0. The molecular formula is C12H21NO3. The highest BCUT2D eigenvalue weighted by molar-refractivity contribution is 5.70. The van der Waals surface area contributed by atoms with Crippen LogP contribution in [0.25, 0.3) is 0 Å². The van der Waals surface area contributed by atoms with Crippen molar-refractivity contribution in [2.45, 2.75) is 53.4 Å². The summed E-state index contributed by atoms with van der Waals surface area (Å²) in [5.74, 6) is 0. The predicted octanol–water partition coefficient (Wildman–Crippen LogP) is 3.10. The molecule has 1 heterocycles. The van der Waals surface area contributed by atoms with Crippen molar-refractivity contribution in [1.29, 1.82) is 0 Å². The first-order valence-electron chi connectivity index (χ1n) is 5.45. The molecule has 1 aliphatic heterocycles. The molecule has 0 aromatic heterocycles. The second-order valence-corrected chi connectivity index (χ2v) is 6.03. The predicted molar refractivity (Wildman–Crippen MR) is 61.5 cm³/mol. The van der Waals surface area contributed by atoms with Gasteiger partial charge in [-0.25, -0.2) is 9.69 Å². The molecule has 4 heteroatoms. The van der Waals surface area contributed by atoms with Crippen LogP contribution in [0.3, 0.4) is 0 Å². The second-order valence-electron chi connectivity index (χ2n) is 6.03. The molecule has 4 nitrogen and oxygen atoms in total. The highest BCUT2D eigenvalue weighted by Gasteiger charge is 2.38. The van der Waals surface area contributed by atoms with Crippen LogP contribution in [0, 0.1) is 5.41 Å². The first-order valence-corrected chi connectivity index (χ1v) is 5.45. The Labute approximate surface area is 97.2 Å². The maximum Gasteiger partial charge on any atom is 0.417 e. The highest BCUT2D eigenvalue weighted by Crippen LogP contribution is 2.30. The molecule has 0 fully saturated rings. The fraction of sp³-hybridized carbons (Fsp3) is 0.750. The number of carbonyl (C=O) groups excluding carboxylic acids is 1. The molecule has 0 aromatic rings. The van der Waals surface area contributed by atoms with Gasteiger partial charge in [-0.05, 0) is 20.8 Å². The summed E-state index contributed by atoms with van der Waals surface area (Å²) >= 11 is 0. The lowest BCUT2D eigenvalue weighted by molar-refractivity contribution is -0.0435. The Morgan fingerprint density at radius 1 is 1.25 bits per heavy atom. The van der Waals surface area contributed by atoms with Crippen LogP contribution in [0.15, 0.2) is 12.5 Å². The lowest BCUT2D eigenvalue weighted by Gasteiger charge is -2.33. The molecule has 1 atom stereocenters. The van der Waals surface area contributed by atoms with Crippen LogP contribution in [0.2, 0.25) is 0 Å². The van der Waals surface area contributed by atoms with E-state index in [0.29, 0.717) is 0 Å². The lowest BCUT2D eigenvalue weighted by Crippen LogP contribution is -2.44. The molecule has 1 rings (SSSR count). The minimum Gasteiger partial charge on any atom is -0.475 e. The van der Waals surface area contributed by atoms with Crippen LogP contribution in [-0.4, -0.2) is 22.8 Å². The van der Waals surface area contributed by atoms with Gasteiger partial charge in [0, 0.05) is 11.6 Å². The van der Waals surface area contributed by atoms with Gasteiger partial charge >= 0.3 is 6.09 Å². The van der Waals surface area contributed by atoms with E-state index in [4.69, 9.17) is 9.47 Å². The van der Waals surface area contributed by atoms with Gasteiger partial charge in [-0.1, -0.05) is 20.8 Å². The third-order valence-electron chi connectivity index (χ3n) is 2.03. The summed E-state index contributed by atoms with van der Waals surface area (Å²) in [7, 11) is 0. The van der Waals surface area contributed by atoms with Crippen molar-refractivity contribution >= 4 is 6.09 Å². The number of carbonyl (C=O) groups is 1. The minimum atomic E-state index is -0.490. The molecular weight excluding hydrogens is 206 g/mol. The standard InChI is InChI=1S/C12H21NO3/c1-11(2,3)9-13(7-8-15-9)10(14)16-12(4,5)6/h7-9H,1-6H3. The molecule has 0 saturated heterocycles. The third kappa shape index (κ3) is 3.15. The Morgan fingerprint density at radius 3 is 2.25 bits per heavy atom. The number of hydrogen-bond donors (Lipinski definition) is 0. The molecule has 0 aromatic carbocycles. The summed E-state index contributed by atoms with van der Waals surface area (Å²) in [6.45, 7) is 11.6. The summed E-state index contributed by atoms with van der Waals surface area (Å²) in [4.78, 5) is 13.4. The van der Waals surface area contributed by atoms with Crippen LogP contribution in [-0.2, 0) is 9.47 Å². The molecule has 0 bridgehead atoms. The molecule has 0 spiro atoms. The maximum absolute atomic E-state index is 11.9. The third-order valence-corrected chi connectivity index (χ3v) is 2.03. The van der Waals surface area contributed by atoms with E-state index >= 15 is 0 Å². The van der Waals surface area contributed by atoms with E-state index in [1.165, 1.54) is 11.2 Å². The van der Waals surface area contributed by atoms with E-state index < -0.39 is 5.60 Å². The van der Waals surface area contributed by atoms with Crippen LogP contribution < -0.4 is 0 Å². The average molecular weight is 227 g/mol. The van der Waals surface area contributed by atoms with Crippen molar-refractivity contribution < 1.29 is 14.3 Å². The number of nitrogens with zero attached hydrogens (tertiary/aromatic N) is 1.